The van der Waals surface area contributed by atoms with Crippen molar-refractivity contribution in [2.75, 3.05) is 13.7 Å². The molecular weight excluding hydrogens is 164 g/mol. The number of hydrogen-bond acceptors (Lipinski definition) is 2. The molecule has 0 N–H and O–H groups in total. The van der Waals surface area contributed by atoms with E-state index in [4.69, 9.17) is 11.3 Å². The lowest BCUT2D eigenvalue weighted by molar-refractivity contribution is 0.394. The molecule has 3 heteroatoms. The Kier molecular flexibility index (Phi) is 3.27. The Morgan fingerprint density at radius 3 is 2.92 bits per heavy atom. The van der Waals surface area contributed by atoms with Crippen LogP contribution < -0.4 is 4.74 Å². The third kappa shape index (κ3) is 2.45. The molecule has 0 saturated heterocycles. The first-order valence-electron chi connectivity index (χ1n) is 4.10. The predicted octanol–water partition coefficient (Wildman–Crippen LogP) is 1.86. The SMILES string of the molecule is [C-]#[N+]CCc1cnc(OC)c(C)c1. The standard InChI is InChI=1S/C10H12N2O/c1-8-6-9(4-5-11-2)7-12-10(8)13-3/h6-7H,4-5H2,1,3H3. The van der Waals surface area contributed by atoms with E-state index in [0.717, 1.165) is 17.5 Å². The Labute approximate surface area is 78.2 Å². The number of ether oxygens (including phenoxy) is 1. The predicted molar refractivity (Wildman–Crippen MR) is 50.7 cm³/mol. The van der Waals surface area contributed by atoms with Gasteiger partial charge in [0.15, 0.2) is 0 Å². The van der Waals surface area contributed by atoms with Gasteiger partial charge in [-0.25, -0.2) is 11.6 Å². The number of rotatable bonds is 3. The highest BCUT2D eigenvalue weighted by molar-refractivity contribution is 5.28. The van der Waals surface area contributed by atoms with Crippen LogP contribution in [0.1, 0.15) is 11.1 Å². The van der Waals surface area contributed by atoms with Crippen LogP contribution >= 0.6 is 0 Å². The third-order valence-corrected chi connectivity index (χ3v) is 1.79. The maximum absolute atomic E-state index is 6.66. The van der Waals surface area contributed by atoms with Crippen LogP contribution in [0.25, 0.3) is 4.85 Å². The molecule has 0 unspecified atom stereocenters. The molecule has 68 valence electrons. The Bertz CT molecular complexity index is 328. The zero-order valence-corrected chi connectivity index (χ0v) is 7.87. The summed E-state index contributed by atoms with van der Waals surface area (Å²) < 4.78 is 5.03. The van der Waals surface area contributed by atoms with Gasteiger partial charge in [-0.05, 0) is 18.6 Å². The Hall–Kier alpha value is -1.56. The molecule has 0 spiro atoms. The van der Waals surface area contributed by atoms with Crippen molar-refractivity contribution in [2.45, 2.75) is 13.3 Å². The van der Waals surface area contributed by atoms with Crippen molar-refractivity contribution in [3.63, 3.8) is 0 Å². The van der Waals surface area contributed by atoms with Gasteiger partial charge in [-0.15, -0.1) is 0 Å². The molecule has 0 aromatic carbocycles. The van der Waals surface area contributed by atoms with E-state index in [-0.39, 0.29) is 0 Å². The third-order valence-electron chi connectivity index (χ3n) is 1.79. The largest absolute Gasteiger partial charge is 0.481 e. The van der Waals surface area contributed by atoms with Gasteiger partial charge in [0, 0.05) is 18.2 Å². The number of aromatic nitrogens is 1. The highest BCUT2D eigenvalue weighted by atomic mass is 16.5. The van der Waals surface area contributed by atoms with Crippen molar-refractivity contribution in [1.29, 1.82) is 0 Å². The van der Waals surface area contributed by atoms with Crippen LogP contribution in [0.2, 0.25) is 0 Å². The number of hydrogen-bond donors (Lipinski definition) is 0. The minimum Gasteiger partial charge on any atom is -0.481 e. The van der Waals surface area contributed by atoms with Crippen LogP contribution in [0, 0.1) is 13.5 Å². The normalized spacial score (nSPS) is 9.31. The van der Waals surface area contributed by atoms with E-state index in [1.54, 1.807) is 13.3 Å². The van der Waals surface area contributed by atoms with Crippen LogP contribution in [0.3, 0.4) is 0 Å². The van der Waals surface area contributed by atoms with Gasteiger partial charge in [0.1, 0.15) is 0 Å². The van der Waals surface area contributed by atoms with Crippen molar-refractivity contribution in [1.82, 2.24) is 4.98 Å². The van der Waals surface area contributed by atoms with Gasteiger partial charge in [0.2, 0.25) is 12.4 Å². The van der Waals surface area contributed by atoms with E-state index in [9.17, 15) is 0 Å². The number of pyridine rings is 1. The van der Waals surface area contributed by atoms with E-state index in [2.05, 4.69) is 9.83 Å². The average Bonchev–Trinajstić information content (AvgIpc) is 2.15. The lowest BCUT2D eigenvalue weighted by Gasteiger charge is -2.03. The number of methoxy groups -OCH3 is 1. The summed E-state index contributed by atoms with van der Waals surface area (Å²) in [5, 5.41) is 0. The topological polar surface area (TPSA) is 26.5 Å². The van der Waals surface area contributed by atoms with E-state index in [1.807, 2.05) is 13.0 Å². The first-order valence-corrected chi connectivity index (χ1v) is 4.10. The summed E-state index contributed by atoms with van der Waals surface area (Å²) >= 11 is 0. The molecule has 0 aliphatic rings. The smallest absolute Gasteiger partial charge is 0.218 e. The highest BCUT2D eigenvalue weighted by Gasteiger charge is 2.01. The monoisotopic (exact) mass is 176 g/mol. The van der Waals surface area contributed by atoms with E-state index >= 15 is 0 Å². The van der Waals surface area contributed by atoms with Crippen LogP contribution in [-0.2, 0) is 6.42 Å². The van der Waals surface area contributed by atoms with Crippen LogP contribution in [0.15, 0.2) is 12.3 Å². The van der Waals surface area contributed by atoms with Gasteiger partial charge >= 0.3 is 0 Å². The fourth-order valence-electron chi connectivity index (χ4n) is 1.16. The Morgan fingerprint density at radius 1 is 1.62 bits per heavy atom. The summed E-state index contributed by atoms with van der Waals surface area (Å²) in [6.45, 7) is 9.14. The molecule has 0 aliphatic carbocycles. The van der Waals surface area contributed by atoms with Gasteiger partial charge in [-0.3, -0.25) is 0 Å². The van der Waals surface area contributed by atoms with Crippen molar-refractivity contribution >= 4 is 0 Å². The maximum atomic E-state index is 6.66. The lowest BCUT2D eigenvalue weighted by atomic mass is 10.1. The van der Waals surface area contributed by atoms with Crippen molar-refractivity contribution in [3.05, 3.63) is 34.8 Å². The van der Waals surface area contributed by atoms with Crippen LogP contribution in [0.4, 0.5) is 0 Å². The quantitative estimate of drug-likeness (QED) is 0.657. The summed E-state index contributed by atoms with van der Waals surface area (Å²) in [6.07, 6.45) is 2.53. The first-order chi connectivity index (χ1) is 6.27. The Morgan fingerprint density at radius 2 is 2.38 bits per heavy atom. The molecule has 1 heterocycles. The Balaban J connectivity index is 2.78. The molecule has 13 heavy (non-hydrogen) atoms. The summed E-state index contributed by atoms with van der Waals surface area (Å²) in [7, 11) is 1.61. The van der Waals surface area contributed by atoms with Gasteiger partial charge in [0.25, 0.3) is 0 Å². The molecular formula is C10H12N2O. The highest BCUT2D eigenvalue weighted by Crippen LogP contribution is 2.14. The molecule has 1 rings (SSSR count). The van der Waals surface area contributed by atoms with Gasteiger partial charge in [-0.2, -0.15) is 0 Å². The fourth-order valence-corrected chi connectivity index (χ4v) is 1.16. The molecule has 0 fully saturated rings. The van der Waals surface area contributed by atoms with Gasteiger partial charge in [-0.1, -0.05) is 0 Å². The molecule has 0 radical (unpaired) electrons. The fraction of sp³-hybridized carbons (Fsp3) is 0.400. The maximum Gasteiger partial charge on any atom is 0.218 e. The molecule has 3 nitrogen and oxygen atoms in total. The zero-order chi connectivity index (χ0) is 9.68. The molecule has 0 amide bonds. The van der Waals surface area contributed by atoms with Crippen molar-refractivity contribution in [3.8, 4) is 5.88 Å². The van der Waals surface area contributed by atoms with E-state index < -0.39 is 0 Å². The first kappa shape index (κ1) is 9.53. The molecule has 0 atom stereocenters. The molecule has 0 bridgehead atoms. The second-order valence-corrected chi connectivity index (χ2v) is 2.80. The summed E-state index contributed by atoms with van der Waals surface area (Å²) in [5.74, 6) is 0.659. The lowest BCUT2D eigenvalue weighted by Crippen LogP contribution is -1.95. The van der Waals surface area contributed by atoms with Crippen LogP contribution in [-0.4, -0.2) is 18.6 Å². The minimum atomic E-state index is 0.521. The van der Waals surface area contributed by atoms with Gasteiger partial charge < -0.3 is 9.58 Å². The average molecular weight is 176 g/mol. The van der Waals surface area contributed by atoms with E-state index in [0.29, 0.717) is 12.4 Å². The van der Waals surface area contributed by atoms with Crippen molar-refractivity contribution in [2.24, 2.45) is 0 Å². The van der Waals surface area contributed by atoms with Gasteiger partial charge in [0.05, 0.1) is 7.11 Å². The molecule has 1 aromatic heterocycles. The summed E-state index contributed by atoms with van der Waals surface area (Å²) in [5.41, 5.74) is 2.11. The summed E-state index contributed by atoms with van der Waals surface area (Å²) in [4.78, 5) is 7.42. The minimum absolute atomic E-state index is 0.521. The second kappa shape index (κ2) is 4.46. The molecule has 0 saturated carbocycles. The molecule has 0 aliphatic heterocycles. The van der Waals surface area contributed by atoms with Crippen LogP contribution in [0.5, 0.6) is 5.88 Å². The summed E-state index contributed by atoms with van der Waals surface area (Å²) in [6, 6.07) is 2.01. The van der Waals surface area contributed by atoms with Crippen molar-refractivity contribution < 1.29 is 4.74 Å². The number of nitrogens with zero attached hydrogens (tertiary/aromatic N) is 2. The van der Waals surface area contributed by atoms with E-state index in [1.165, 1.54) is 0 Å². The zero-order valence-electron chi connectivity index (χ0n) is 7.87. The second-order valence-electron chi connectivity index (χ2n) is 2.80. The molecule has 1 aromatic rings. The number of aryl methyl sites for hydroxylation is 1.